The van der Waals surface area contributed by atoms with E-state index in [0.29, 0.717) is 25.4 Å². The third kappa shape index (κ3) is 2.57. The molecule has 0 saturated carbocycles. The molecule has 0 atom stereocenters. The lowest BCUT2D eigenvalue weighted by atomic mass is 10.1. The maximum absolute atomic E-state index is 12.8. The quantitative estimate of drug-likeness (QED) is 0.592. The summed E-state index contributed by atoms with van der Waals surface area (Å²) in [6.07, 6.45) is 0. The van der Waals surface area contributed by atoms with Crippen molar-refractivity contribution in [2.75, 3.05) is 46.4 Å². The summed E-state index contributed by atoms with van der Waals surface area (Å²) in [5, 5.41) is 11.3. The highest BCUT2D eigenvalue weighted by Crippen LogP contribution is 2.39. The van der Waals surface area contributed by atoms with Gasteiger partial charge in [0.25, 0.3) is 11.6 Å². The van der Waals surface area contributed by atoms with E-state index in [0.717, 1.165) is 13.1 Å². The predicted octanol–water partition coefficient (Wildman–Crippen LogP) is 0.754. The van der Waals surface area contributed by atoms with Gasteiger partial charge in [-0.3, -0.25) is 14.9 Å². The monoisotopic (exact) mass is 307 g/mol. The number of fused-ring (bicyclic) bond motifs is 1. The number of carbonyl (C=O) groups excluding carboxylic acids is 1. The molecule has 118 valence electrons. The largest absolute Gasteiger partial charge is 0.486 e. The summed E-state index contributed by atoms with van der Waals surface area (Å²) in [4.78, 5) is 27.2. The first-order chi connectivity index (χ1) is 10.6. The molecule has 0 radical (unpaired) electrons. The number of nitro benzene ring substituents is 1. The summed E-state index contributed by atoms with van der Waals surface area (Å²) in [7, 11) is 1.98. The Hall–Kier alpha value is -2.35. The van der Waals surface area contributed by atoms with Crippen LogP contribution in [-0.4, -0.2) is 67.1 Å². The number of nitrogens with zero attached hydrogens (tertiary/aromatic N) is 3. The van der Waals surface area contributed by atoms with E-state index in [9.17, 15) is 14.9 Å². The van der Waals surface area contributed by atoms with Crippen molar-refractivity contribution in [3.05, 3.63) is 27.8 Å². The van der Waals surface area contributed by atoms with Crippen LogP contribution in [0.2, 0.25) is 0 Å². The van der Waals surface area contributed by atoms with E-state index in [1.54, 1.807) is 4.90 Å². The minimum Gasteiger partial charge on any atom is -0.486 e. The number of ether oxygens (including phenoxy) is 2. The third-order valence-electron chi connectivity index (χ3n) is 3.89. The average molecular weight is 307 g/mol. The zero-order chi connectivity index (χ0) is 15.7. The molecule has 1 aromatic carbocycles. The smallest absolute Gasteiger partial charge is 0.286 e. The van der Waals surface area contributed by atoms with Crippen LogP contribution in [0.5, 0.6) is 11.5 Å². The second-order valence-corrected chi connectivity index (χ2v) is 5.34. The Labute approximate surface area is 127 Å². The molecule has 3 rings (SSSR count). The first kappa shape index (κ1) is 14.6. The molecule has 0 aromatic heterocycles. The number of amides is 1. The van der Waals surface area contributed by atoms with Gasteiger partial charge in [-0.25, -0.2) is 0 Å². The Morgan fingerprint density at radius 1 is 1.18 bits per heavy atom. The van der Waals surface area contributed by atoms with Crippen LogP contribution >= 0.6 is 0 Å². The molecule has 1 amide bonds. The summed E-state index contributed by atoms with van der Waals surface area (Å²) in [5.74, 6) is 0.195. The number of rotatable bonds is 2. The highest BCUT2D eigenvalue weighted by molar-refractivity contribution is 6.02. The topological polar surface area (TPSA) is 85.2 Å². The van der Waals surface area contributed by atoms with Crippen molar-refractivity contribution in [2.45, 2.75) is 0 Å². The molecule has 0 N–H and O–H groups in total. The normalized spacial score (nSPS) is 18.1. The zero-order valence-electron chi connectivity index (χ0n) is 12.3. The van der Waals surface area contributed by atoms with Gasteiger partial charge in [0.1, 0.15) is 13.2 Å². The second-order valence-electron chi connectivity index (χ2n) is 5.34. The van der Waals surface area contributed by atoms with E-state index in [1.807, 2.05) is 7.05 Å². The third-order valence-corrected chi connectivity index (χ3v) is 3.89. The van der Waals surface area contributed by atoms with E-state index < -0.39 is 4.92 Å². The van der Waals surface area contributed by atoms with Crippen molar-refractivity contribution in [1.82, 2.24) is 9.80 Å². The van der Waals surface area contributed by atoms with Crippen LogP contribution in [0.1, 0.15) is 10.4 Å². The Morgan fingerprint density at radius 2 is 1.86 bits per heavy atom. The second kappa shape index (κ2) is 5.80. The van der Waals surface area contributed by atoms with Crippen molar-refractivity contribution >= 4 is 11.6 Å². The molecule has 1 fully saturated rings. The molecular formula is C14H17N3O5. The number of hydrogen-bond acceptors (Lipinski definition) is 6. The van der Waals surface area contributed by atoms with Crippen LogP contribution in [0, 0.1) is 10.1 Å². The molecule has 2 aliphatic heterocycles. The molecule has 1 aromatic rings. The van der Waals surface area contributed by atoms with Crippen molar-refractivity contribution < 1.29 is 19.2 Å². The van der Waals surface area contributed by atoms with Crippen LogP contribution in [0.4, 0.5) is 5.69 Å². The molecular weight excluding hydrogens is 290 g/mol. The number of likely N-dealkylation sites (N-methyl/N-ethyl adjacent to an activating group) is 1. The van der Waals surface area contributed by atoms with Crippen molar-refractivity contribution in [3.8, 4) is 11.5 Å². The average Bonchev–Trinajstić information content (AvgIpc) is 2.53. The Morgan fingerprint density at radius 3 is 2.55 bits per heavy atom. The summed E-state index contributed by atoms with van der Waals surface area (Å²) in [6.45, 7) is 3.20. The molecule has 0 bridgehead atoms. The lowest BCUT2D eigenvalue weighted by Crippen LogP contribution is -2.47. The Kier molecular flexibility index (Phi) is 3.84. The lowest BCUT2D eigenvalue weighted by Gasteiger charge is -2.33. The SMILES string of the molecule is CN1CCN(C(=O)c2c([N+](=O)[O-])ccc3c2OCCO3)CC1. The standard InChI is InChI=1S/C14H17N3O5/c1-15-4-6-16(7-5-15)14(18)12-10(17(19)20)2-3-11-13(12)22-9-8-21-11/h2-3H,4-9H2,1H3. The number of carbonyl (C=O) groups is 1. The maximum atomic E-state index is 12.8. The van der Waals surface area contributed by atoms with E-state index in [-0.39, 0.29) is 29.5 Å². The number of nitro groups is 1. The van der Waals surface area contributed by atoms with Gasteiger partial charge in [-0.1, -0.05) is 0 Å². The molecule has 2 aliphatic rings. The van der Waals surface area contributed by atoms with Gasteiger partial charge in [0.2, 0.25) is 0 Å². The van der Waals surface area contributed by atoms with E-state index in [4.69, 9.17) is 9.47 Å². The van der Waals surface area contributed by atoms with Gasteiger partial charge in [0, 0.05) is 32.2 Å². The summed E-state index contributed by atoms with van der Waals surface area (Å²) in [6, 6.07) is 2.78. The van der Waals surface area contributed by atoms with Crippen molar-refractivity contribution in [2.24, 2.45) is 0 Å². The minimum absolute atomic E-state index is 0.00764. The van der Waals surface area contributed by atoms with Crippen LogP contribution in [0.3, 0.4) is 0 Å². The van der Waals surface area contributed by atoms with Gasteiger partial charge < -0.3 is 19.3 Å². The van der Waals surface area contributed by atoms with E-state index in [2.05, 4.69) is 4.90 Å². The highest BCUT2D eigenvalue weighted by Gasteiger charge is 2.33. The van der Waals surface area contributed by atoms with Crippen LogP contribution in [0.15, 0.2) is 12.1 Å². The maximum Gasteiger partial charge on any atom is 0.286 e. The summed E-state index contributed by atoms with van der Waals surface area (Å²) in [5.41, 5.74) is -0.250. The first-order valence-corrected chi connectivity index (χ1v) is 7.12. The summed E-state index contributed by atoms with van der Waals surface area (Å²) < 4.78 is 10.9. The van der Waals surface area contributed by atoms with Gasteiger partial charge >= 0.3 is 0 Å². The highest BCUT2D eigenvalue weighted by atomic mass is 16.6. The molecule has 0 aliphatic carbocycles. The molecule has 0 unspecified atom stereocenters. The Bertz CT molecular complexity index is 611. The van der Waals surface area contributed by atoms with E-state index >= 15 is 0 Å². The fraction of sp³-hybridized carbons (Fsp3) is 0.500. The minimum atomic E-state index is -0.554. The van der Waals surface area contributed by atoms with Crippen LogP contribution in [0.25, 0.3) is 0 Å². The lowest BCUT2D eigenvalue weighted by molar-refractivity contribution is -0.385. The van der Waals surface area contributed by atoms with Gasteiger partial charge in [-0.15, -0.1) is 0 Å². The molecule has 8 nitrogen and oxygen atoms in total. The fourth-order valence-corrected chi connectivity index (χ4v) is 2.63. The van der Waals surface area contributed by atoms with E-state index in [1.165, 1.54) is 12.1 Å². The number of benzene rings is 1. The molecule has 0 spiro atoms. The van der Waals surface area contributed by atoms with Gasteiger partial charge in [-0.05, 0) is 13.1 Å². The zero-order valence-corrected chi connectivity index (χ0v) is 12.3. The van der Waals surface area contributed by atoms with Crippen LogP contribution < -0.4 is 9.47 Å². The Balaban J connectivity index is 2.00. The molecule has 22 heavy (non-hydrogen) atoms. The molecule has 1 saturated heterocycles. The predicted molar refractivity (Wildman–Crippen MR) is 77.5 cm³/mol. The van der Waals surface area contributed by atoms with Crippen molar-refractivity contribution in [3.63, 3.8) is 0 Å². The first-order valence-electron chi connectivity index (χ1n) is 7.12. The molecule has 8 heteroatoms. The van der Waals surface area contributed by atoms with Gasteiger partial charge in [-0.2, -0.15) is 0 Å². The van der Waals surface area contributed by atoms with Crippen LogP contribution in [-0.2, 0) is 0 Å². The van der Waals surface area contributed by atoms with Crippen molar-refractivity contribution in [1.29, 1.82) is 0 Å². The van der Waals surface area contributed by atoms with Gasteiger partial charge in [0.05, 0.1) is 4.92 Å². The fourth-order valence-electron chi connectivity index (χ4n) is 2.63. The number of hydrogen-bond donors (Lipinski definition) is 0. The molecule has 2 heterocycles. The van der Waals surface area contributed by atoms with Gasteiger partial charge in [0.15, 0.2) is 17.1 Å². The number of piperazine rings is 1. The summed E-state index contributed by atoms with van der Waals surface area (Å²) >= 11 is 0.